The van der Waals surface area contributed by atoms with E-state index < -0.39 is 10.0 Å². The van der Waals surface area contributed by atoms with Crippen molar-refractivity contribution in [1.29, 1.82) is 0 Å². The van der Waals surface area contributed by atoms with Crippen molar-refractivity contribution in [3.8, 4) is 0 Å². The highest BCUT2D eigenvalue weighted by atomic mass is 79.9. The number of aliphatic imine (C=N–C) groups is 1. The molecular formula is C17H27BrN4O3S. The summed E-state index contributed by atoms with van der Waals surface area (Å²) in [4.78, 5) is 6.49. The quantitative estimate of drug-likeness (QED) is 0.507. The highest BCUT2D eigenvalue weighted by molar-refractivity contribution is 9.10. The maximum atomic E-state index is 12.4. The van der Waals surface area contributed by atoms with Gasteiger partial charge in [-0.1, -0.05) is 34.1 Å². The summed E-state index contributed by atoms with van der Waals surface area (Å²) in [5, 5.41) is 3.22. The van der Waals surface area contributed by atoms with Crippen LogP contribution in [0.5, 0.6) is 0 Å². The predicted octanol–water partition coefficient (Wildman–Crippen LogP) is 1.51. The zero-order valence-electron chi connectivity index (χ0n) is 15.3. The lowest BCUT2D eigenvalue weighted by Gasteiger charge is -2.26. The van der Waals surface area contributed by atoms with Crippen molar-refractivity contribution in [2.24, 2.45) is 4.99 Å². The molecule has 0 saturated carbocycles. The van der Waals surface area contributed by atoms with E-state index in [1.165, 1.54) is 4.31 Å². The molecular weight excluding hydrogens is 420 g/mol. The highest BCUT2D eigenvalue weighted by Crippen LogP contribution is 2.17. The number of halogens is 1. The van der Waals surface area contributed by atoms with Crippen LogP contribution < -0.4 is 5.32 Å². The SMILES string of the molecule is CCNC(=NCCS(=O)(=O)N1CCOCC1)N(C)Cc1ccccc1Br. The van der Waals surface area contributed by atoms with Gasteiger partial charge in [0.15, 0.2) is 5.96 Å². The Hall–Kier alpha value is -1.16. The smallest absolute Gasteiger partial charge is 0.216 e. The standard InChI is InChI=1S/C17H27BrN4O3S/c1-3-19-17(21(2)14-15-6-4-5-7-16(15)18)20-8-13-26(23,24)22-9-11-25-12-10-22/h4-7H,3,8-14H2,1-2H3,(H,19,20). The fraction of sp³-hybridized carbons (Fsp3) is 0.588. The molecule has 9 heteroatoms. The van der Waals surface area contributed by atoms with E-state index in [0.717, 1.165) is 16.6 Å². The Balaban J connectivity index is 1.98. The van der Waals surface area contributed by atoms with E-state index in [-0.39, 0.29) is 12.3 Å². The van der Waals surface area contributed by atoms with Gasteiger partial charge in [-0.05, 0) is 18.6 Å². The second-order valence-electron chi connectivity index (χ2n) is 6.01. The third kappa shape index (κ3) is 6.22. The minimum absolute atomic E-state index is 0.00473. The van der Waals surface area contributed by atoms with E-state index in [4.69, 9.17) is 4.74 Å². The van der Waals surface area contributed by atoms with Crippen LogP contribution in [0.2, 0.25) is 0 Å². The first kappa shape index (κ1) is 21.1. The molecule has 26 heavy (non-hydrogen) atoms. The highest BCUT2D eigenvalue weighted by Gasteiger charge is 2.23. The van der Waals surface area contributed by atoms with Gasteiger partial charge in [0, 0.05) is 37.7 Å². The van der Waals surface area contributed by atoms with Crippen molar-refractivity contribution >= 4 is 31.9 Å². The lowest BCUT2D eigenvalue weighted by Crippen LogP contribution is -2.42. The Kier molecular flexibility index (Phi) is 8.33. The summed E-state index contributed by atoms with van der Waals surface area (Å²) >= 11 is 3.55. The Labute approximate surface area is 164 Å². The van der Waals surface area contributed by atoms with Crippen LogP contribution in [0.1, 0.15) is 12.5 Å². The summed E-state index contributed by atoms with van der Waals surface area (Å²) in [7, 11) is -1.35. The van der Waals surface area contributed by atoms with Gasteiger partial charge in [0.1, 0.15) is 0 Å². The van der Waals surface area contributed by atoms with Crippen molar-refractivity contribution in [2.75, 3.05) is 52.2 Å². The van der Waals surface area contributed by atoms with Crippen LogP contribution in [0.15, 0.2) is 33.7 Å². The number of ether oxygens (including phenoxy) is 1. The monoisotopic (exact) mass is 446 g/mol. The minimum atomic E-state index is -3.29. The Morgan fingerprint density at radius 2 is 2.04 bits per heavy atom. The zero-order valence-corrected chi connectivity index (χ0v) is 17.7. The number of nitrogens with zero attached hydrogens (tertiary/aromatic N) is 3. The predicted molar refractivity (Wildman–Crippen MR) is 108 cm³/mol. The molecule has 0 spiro atoms. The van der Waals surface area contributed by atoms with Gasteiger partial charge < -0.3 is 15.0 Å². The van der Waals surface area contributed by atoms with Gasteiger partial charge in [-0.25, -0.2) is 8.42 Å². The van der Waals surface area contributed by atoms with Crippen LogP contribution in [0.25, 0.3) is 0 Å². The molecule has 1 fully saturated rings. The Morgan fingerprint density at radius 1 is 1.35 bits per heavy atom. The summed E-state index contributed by atoms with van der Waals surface area (Å²) in [6.45, 7) is 5.37. The zero-order chi connectivity index (χ0) is 19.0. The van der Waals surface area contributed by atoms with Crippen LogP contribution in [0.3, 0.4) is 0 Å². The average molecular weight is 447 g/mol. The molecule has 0 amide bonds. The lowest BCUT2D eigenvalue weighted by molar-refractivity contribution is 0.0731. The molecule has 2 rings (SSSR count). The number of hydrogen-bond acceptors (Lipinski definition) is 4. The third-order valence-electron chi connectivity index (χ3n) is 4.04. The molecule has 0 atom stereocenters. The largest absolute Gasteiger partial charge is 0.379 e. The molecule has 1 saturated heterocycles. The number of benzene rings is 1. The fourth-order valence-electron chi connectivity index (χ4n) is 2.65. The first-order valence-electron chi connectivity index (χ1n) is 8.72. The van der Waals surface area contributed by atoms with Crippen LogP contribution in [0.4, 0.5) is 0 Å². The summed E-state index contributed by atoms with van der Waals surface area (Å²) < 4.78 is 32.5. The first-order valence-corrected chi connectivity index (χ1v) is 11.1. The normalized spacial score (nSPS) is 16.5. The second-order valence-corrected chi connectivity index (χ2v) is 8.95. The number of sulfonamides is 1. The molecule has 0 radical (unpaired) electrons. The maximum Gasteiger partial charge on any atom is 0.216 e. The molecule has 0 aromatic heterocycles. The molecule has 146 valence electrons. The lowest BCUT2D eigenvalue weighted by atomic mass is 10.2. The van der Waals surface area contributed by atoms with Crippen molar-refractivity contribution in [1.82, 2.24) is 14.5 Å². The fourth-order valence-corrected chi connectivity index (χ4v) is 4.34. The molecule has 0 unspecified atom stereocenters. The van der Waals surface area contributed by atoms with Gasteiger partial charge >= 0.3 is 0 Å². The molecule has 1 aliphatic rings. The minimum Gasteiger partial charge on any atom is -0.379 e. The molecule has 7 nitrogen and oxygen atoms in total. The van der Waals surface area contributed by atoms with Crippen molar-refractivity contribution in [2.45, 2.75) is 13.5 Å². The number of nitrogens with one attached hydrogen (secondary N) is 1. The summed E-state index contributed by atoms with van der Waals surface area (Å²) in [6.07, 6.45) is 0. The van der Waals surface area contributed by atoms with Gasteiger partial charge in [-0.15, -0.1) is 0 Å². The number of morpholine rings is 1. The summed E-state index contributed by atoms with van der Waals surface area (Å²) in [5.41, 5.74) is 1.14. The number of guanidine groups is 1. The van der Waals surface area contributed by atoms with Crippen LogP contribution >= 0.6 is 15.9 Å². The molecule has 1 N–H and O–H groups in total. The van der Waals surface area contributed by atoms with Gasteiger partial charge in [0.05, 0.1) is 25.5 Å². The van der Waals surface area contributed by atoms with Crippen LogP contribution in [0, 0.1) is 0 Å². The molecule has 1 aromatic carbocycles. The topological polar surface area (TPSA) is 74.2 Å². The van der Waals surface area contributed by atoms with E-state index in [1.54, 1.807) is 0 Å². The third-order valence-corrected chi connectivity index (χ3v) is 6.66. The second kappa shape index (κ2) is 10.2. The number of hydrogen-bond donors (Lipinski definition) is 1. The molecule has 1 aromatic rings. The van der Waals surface area contributed by atoms with Crippen LogP contribution in [-0.4, -0.2) is 75.8 Å². The first-order chi connectivity index (χ1) is 12.4. The van der Waals surface area contributed by atoms with E-state index in [9.17, 15) is 8.42 Å². The van der Waals surface area contributed by atoms with E-state index in [2.05, 4.69) is 26.2 Å². The van der Waals surface area contributed by atoms with E-state index >= 15 is 0 Å². The van der Waals surface area contributed by atoms with Crippen molar-refractivity contribution < 1.29 is 13.2 Å². The molecule has 1 heterocycles. The van der Waals surface area contributed by atoms with Gasteiger partial charge in [-0.2, -0.15) is 4.31 Å². The van der Waals surface area contributed by atoms with Crippen LogP contribution in [-0.2, 0) is 21.3 Å². The van der Waals surface area contributed by atoms with Gasteiger partial charge in [-0.3, -0.25) is 4.99 Å². The molecule has 0 bridgehead atoms. The maximum absolute atomic E-state index is 12.4. The van der Waals surface area contributed by atoms with E-state index in [1.807, 2.05) is 43.1 Å². The van der Waals surface area contributed by atoms with Gasteiger partial charge in [0.2, 0.25) is 10.0 Å². The summed E-state index contributed by atoms with van der Waals surface area (Å²) in [5.74, 6) is 0.700. The van der Waals surface area contributed by atoms with Crippen molar-refractivity contribution in [3.63, 3.8) is 0 Å². The summed E-state index contributed by atoms with van der Waals surface area (Å²) in [6, 6.07) is 8.02. The number of rotatable bonds is 7. The van der Waals surface area contributed by atoms with E-state index in [0.29, 0.717) is 38.8 Å². The Bertz CT molecular complexity index is 706. The van der Waals surface area contributed by atoms with Crippen molar-refractivity contribution in [3.05, 3.63) is 34.3 Å². The Morgan fingerprint density at radius 3 is 2.69 bits per heavy atom. The molecule has 1 aliphatic heterocycles. The van der Waals surface area contributed by atoms with Gasteiger partial charge in [0.25, 0.3) is 0 Å². The molecule has 0 aliphatic carbocycles. The average Bonchev–Trinajstić information content (AvgIpc) is 2.63.